The van der Waals surface area contributed by atoms with Crippen molar-refractivity contribution < 1.29 is 0 Å². The molecule has 0 bridgehead atoms. The molecule has 0 aliphatic carbocycles. The highest BCUT2D eigenvalue weighted by atomic mass is 15.3. The lowest BCUT2D eigenvalue weighted by molar-refractivity contribution is 0.377. The topological polar surface area (TPSA) is 57.9 Å². The van der Waals surface area contributed by atoms with Crippen molar-refractivity contribution in [3.05, 3.63) is 12.4 Å². The predicted molar refractivity (Wildman–Crippen MR) is 52.6 cm³/mol. The number of hydrogen-bond donors (Lipinski definition) is 2. The number of nitrogens with two attached hydrogens (primary N) is 1. The van der Waals surface area contributed by atoms with E-state index in [-0.39, 0.29) is 6.04 Å². The van der Waals surface area contributed by atoms with Gasteiger partial charge in [-0.25, -0.2) is 4.98 Å². The first-order valence-electron chi connectivity index (χ1n) is 4.77. The van der Waals surface area contributed by atoms with E-state index in [4.69, 9.17) is 5.73 Å². The van der Waals surface area contributed by atoms with Crippen LogP contribution in [0.2, 0.25) is 0 Å². The molecule has 4 nitrogen and oxygen atoms in total. The first-order valence-corrected chi connectivity index (χ1v) is 4.77. The molecule has 0 radical (unpaired) electrons. The fourth-order valence-electron chi connectivity index (χ4n) is 1.72. The normalized spacial score (nSPS) is 29.2. The van der Waals surface area contributed by atoms with E-state index in [9.17, 15) is 0 Å². The van der Waals surface area contributed by atoms with E-state index in [1.165, 1.54) is 0 Å². The molecule has 2 rings (SSSR count). The van der Waals surface area contributed by atoms with Gasteiger partial charge in [-0.3, -0.25) is 0 Å². The first kappa shape index (κ1) is 8.56. The van der Waals surface area contributed by atoms with E-state index in [1.54, 1.807) is 6.20 Å². The second kappa shape index (κ2) is 3.38. The van der Waals surface area contributed by atoms with Crippen molar-refractivity contribution in [3.8, 4) is 0 Å². The monoisotopic (exact) mass is 180 g/mol. The van der Waals surface area contributed by atoms with Crippen LogP contribution in [-0.4, -0.2) is 29.1 Å². The third kappa shape index (κ3) is 1.67. The highest BCUT2D eigenvalue weighted by Gasteiger charge is 2.23. The lowest BCUT2D eigenvalue weighted by atomic mass is 9.95. The highest BCUT2D eigenvalue weighted by Crippen LogP contribution is 2.18. The third-order valence-corrected chi connectivity index (χ3v) is 2.80. The second-order valence-corrected chi connectivity index (χ2v) is 3.79. The van der Waals surface area contributed by atoms with Gasteiger partial charge < -0.3 is 15.6 Å². The lowest BCUT2D eigenvalue weighted by Gasteiger charge is -2.34. The van der Waals surface area contributed by atoms with Gasteiger partial charge in [0.25, 0.3) is 0 Å². The summed E-state index contributed by atoms with van der Waals surface area (Å²) >= 11 is 0. The van der Waals surface area contributed by atoms with E-state index in [0.717, 1.165) is 25.5 Å². The molecule has 72 valence electrons. The Hall–Kier alpha value is -1.03. The maximum atomic E-state index is 5.99. The minimum atomic E-state index is 0.277. The summed E-state index contributed by atoms with van der Waals surface area (Å²) in [5.41, 5.74) is 5.99. The molecule has 1 aromatic rings. The standard InChI is InChI=1S/C9H16N4/c1-7-2-5-13(6-8(7)10)9-11-3-4-12-9/h3-4,7-8H,2,5-6,10H2,1H3,(H,11,12). The van der Waals surface area contributed by atoms with Gasteiger partial charge in [0.15, 0.2) is 0 Å². The summed E-state index contributed by atoms with van der Waals surface area (Å²) in [6.07, 6.45) is 4.78. The van der Waals surface area contributed by atoms with Gasteiger partial charge in [0.05, 0.1) is 0 Å². The van der Waals surface area contributed by atoms with Gasteiger partial charge >= 0.3 is 0 Å². The third-order valence-electron chi connectivity index (χ3n) is 2.80. The number of aromatic amines is 1. The molecule has 0 saturated carbocycles. The van der Waals surface area contributed by atoms with E-state index in [0.29, 0.717) is 5.92 Å². The van der Waals surface area contributed by atoms with Crippen LogP contribution in [0.1, 0.15) is 13.3 Å². The number of rotatable bonds is 1. The van der Waals surface area contributed by atoms with Gasteiger partial charge in [0.2, 0.25) is 5.95 Å². The van der Waals surface area contributed by atoms with Crippen molar-refractivity contribution >= 4 is 5.95 Å². The van der Waals surface area contributed by atoms with Crippen LogP contribution in [-0.2, 0) is 0 Å². The number of H-pyrrole nitrogens is 1. The van der Waals surface area contributed by atoms with E-state index >= 15 is 0 Å². The summed E-state index contributed by atoms with van der Waals surface area (Å²) in [6, 6.07) is 0.277. The zero-order valence-electron chi connectivity index (χ0n) is 7.90. The molecule has 2 unspecified atom stereocenters. The van der Waals surface area contributed by atoms with Crippen molar-refractivity contribution in [1.29, 1.82) is 0 Å². The number of imidazole rings is 1. The van der Waals surface area contributed by atoms with Gasteiger partial charge in [0, 0.05) is 31.5 Å². The maximum Gasteiger partial charge on any atom is 0.202 e. The smallest absolute Gasteiger partial charge is 0.202 e. The quantitative estimate of drug-likeness (QED) is 0.664. The molecule has 0 aromatic carbocycles. The number of nitrogens with zero attached hydrogens (tertiary/aromatic N) is 2. The molecule has 13 heavy (non-hydrogen) atoms. The molecule has 0 amide bonds. The molecule has 1 aliphatic heterocycles. The molecule has 2 atom stereocenters. The van der Waals surface area contributed by atoms with Crippen molar-refractivity contribution in [2.75, 3.05) is 18.0 Å². The average molecular weight is 180 g/mol. The Kier molecular flexibility index (Phi) is 2.22. The van der Waals surface area contributed by atoms with Crippen molar-refractivity contribution in [1.82, 2.24) is 9.97 Å². The Labute approximate surface area is 78.1 Å². The van der Waals surface area contributed by atoms with E-state index in [2.05, 4.69) is 21.8 Å². The Balaban J connectivity index is 2.03. The zero-order chi connectivity index (χ0) is 9.26. The number of nitrogens with one attached hydrogen (secondary N) is 1. The van der Waals surface area contributed by atoms with Crippen LogP contribution in [0, 0.1) is 5.92 Å². The van der Waals surface area contributed by atoms with Gasteiger partial charge in [-0.05, 0) is 12.3 Å². The SMILES string of the molecule is CC1CCN(c2ncc[nH]2)CC1N. The maximum absolute atomic E-state index is 5.99. The highest BCUT2D eigenvalue weighted by molar-refractivity contribution is 5.30. The van der Waals surface area contributed by atoms with Crippen LogP contribution < -0.4 is 10.6 Å². The van der Waals surface area contributed by atoms with Crippen molar-refractivity contribution in [3.63, 3.8) is 0 Å². The predicted octanol–water partition coefficient (Wildman–Crippen LogP) is 0.583. The first-order chi connectivity index (χ1) is 6.27. The van der Waals surface area contributed by atoms with Crippen LogP contribution in [0.15, 0.2) is 12.4 Å². The lowest BCUT2D eigenvalue weighted by Crippen LogP contribution is -2.48. The number of aromatic nitrogens is 2. The van der Waals surface area contributed by atoms with Gasteiger partial charge in [-0.2, -0.15) is 0 Å². The Morgan fingerprint density at radius 2 is 2.54 bits per heavy atom. The molecule has 1 saturated heterocycles. The molecular formula is C9H16N4. The Bertz CT molecular complexity index is 257. The number of hydrogen-bond acceptors (Lipinski definition) is 3. The molecule has 1 aromatic heterocycles. The van der Waals surface area contributed by atoms with Crippen LogP contribution in [0.3, 0.4) is 0 Å². The minimum Gasteiger partial charge on any atom is -0.341 e. The van der Waals surface area contributed by atoms with Crippen LogP contribution in [0.4, 0.5) is 5.95 Å². The number of piperidine rings is 1. The molecule has 1 fully saturated rings. The second-order valence-electron chi connectivity index (χ2n) is 3.79. The summed E-state index contributed by atoms with van der Waals surface area (Å²) < 4.78 is 0. The summed E-state index contributed by atoms with van der Waals surface area (Å²) in [4.78, 5) is 9.53. The van der Waals surface area contributed by atoms with Crippen LogP contribution >= 0.6 is 0 Å². The van der Waals surface area contributed by atoms with E-state index in [1.807, 2.05) is 6.20 Å². The fourth-order valence-corrected chi connectivity index (χ4v) is 1.72. The Morgan fingerprint density at radius 1 is 1.69 bits per heavy atom. The van der Waals surface area contributed by atoms with Crippen LogP contribution in [0.5, 0.6) is 0 Å². The van der Waals surface area contributed by atoms with Gasteiger partial charge in [0.1, 0.15) is 0 Å². The molecule has 1 aliphatic rings. The Morgan fingerprint density at radius 3 is 3.15 bits per heavy atom. The zero-order valence-corrected chi connectivity index (χ0v) is 7.90. The minimum absolute atomic E-state index is 0.277. The van der Waals surface area contributed by atoms with Crippen LogP contribution in [0.25, 0.3) is 0 Å². The van der Waals surface area contributed by atoms with Crippen molar-refractivity contribution in [2.45, 2.75) is 19.4 Å². The van der Waals surface area contributed by atoms with E-state index < -0.39 is 0 Å². The number of anilines is 1. The largest absolute Gasteiger partial charge is 0.341 e. The summed E-state index contributed by atoms with van der Waals surface area (Å²) in [6.45, 7) is 4.18. The summed E-state index contributed by atoms with van der Waals surface area (Å²) in [5, 5.41) is 0. The molecule has 2 heterocycles. The summed E-state index contributed by atoms with van der Waals surface area (Å²) in [5.74, 6) is 1.58. The van der Waals surface area contributed by atoms with Gasteiger partial charge in [-0.1, -0.05) is 6.92 Å². The molecule has 4 heteroatoms. The van der Waals surface area contributed by atoms with Crippen molar-refractivity contribution in [2.24, 2.45) is 11.7 Å². The summed E-state index contributed by atoms with van der Waals surface area (Å²) in [7, 11) is 0. The molecule has 0 spiro atoms. The van der Waals surface area contributed by atoms with Gasteiger partial charge in [-0.15, -0.1) is 0 Å². The average Bonchev–Trinajstić information content (AvgIpc) is 2.62. The molecular weight excluding hydrogens is 164 g/mol. The molecule has 3 N–H and O–H groups in total. The fraction of sp³-hybridized carbons (Fsp3) is 0.667.